The fourth-order valence-electron chi connectivity index (χ4n) is 1.37. The van der Waals surface area contributed by atoms with Crippen LogP contribution in [-0.4, -0.2) is 4.98 Å². The first-order chi connectivity index (χ1) is 6.74. The molecule has 1 aromatic carbocycles. The molecule has 3 heteroatoms. The zero-order valence-corrected chi connectivity index (χ0v) is 10.2. The highest BCUT2D eigenvalue weighted by Crippen LogP contribution is 2.18. The van der Waals surface area contributed by atoms with Gasteiger partial charge in [-0.2, -0.15) is 0 Å². The van der Waals surface area contributed by atoms with Crippen LogP contribution in [-0.2, 0) is 6.42 Å². The summed E-state index contributed by atoms with van der Waals surface area (Å²) in [5.74, 6) is 0. The predicted molar refractivity (Wildman–Crippen MR) is 63.8 cm³/mol. The first-order valence-corrected chi connectivity index (χ1v) is 6.07. The second kappa shape index (κ2) is 4.24. The third kappa shape index (κ3) is 2.42. The Kier molecular flexibility index (Phi) is 2.99. The molecule has 72 valence electrons. The van der Waals surface area contributed by atoms with Gasteiger partial charge in [0.1, 0.15) is 4.60 Å². The highest BCUT2D eigenvalue weighted by atomic mass is 79.9. The normalized spacial score (nSPS) is 10.4. The van der Waals surface area contributed by atoms with Crippen LogP contribution in [0.2, 0.25) is 0 Å². The Morgan fingerprint density at radius 2 is 2.29 bits per heavy atom. The van der Waals surface area contributed by atoms with Crippen LogP contribution in [0.5, 0.6) is 0 Å². The van der Waals surface area contributed by atoms with E-state index in [9.17, 15) is 0 Å². The number of nitrogens with zero attached hydrogens (tertiary/aromatic N) is 1. The Hall–Kier alpha value is -0.670. The summed E-state index contributed by atoms with van der Waals surface area (Å²) in [5.41, 5.74) is 2.63. The minimum absolute atomic E-state index is 0.929. The van der Waals surface area contributed by atoms with Gasteiger partial charge in [0.25, 0.3) is 0 Å². The summed E-state index contributed by atoms with van der Waals surface area (Å²) in [6.07, 6.45) is 0.929. The van der Waals surface area contributed by atoms with Gasteiger partial charge in [0, 0.05) is 11.8 Å². The van der Waals surface area contributed by atoms with Crippen LogP contribution in [0.3, 0.4) is 0 Å². The molecule has 1 aromatic heterocycles. The van der Waals surface area contributed by atoms with Gasteiger partial charge in [0.15, 0.2) is 0 Å². The van der Waals surface area contributed by atoms with Crippen LogP contribution in [0.25, 0.3) is 0 Å². The first kappa shape index (κ1) is 9.87. The zero-order valence-electron chi connectivity index (χ0n) is 7.83. The number of rotatable bonds is 2. The van der Waals surface area contributed by atoms with E-state index >= 15 is 0 Å². The van der Waals surface area contributed by atoms with Crippen molar-refractivity contribution in [1.82, 2.24) is 4.98 Å². The SMILES string of the molecule is Cc1cccc(Cc2nc(Br)cs2)c1. The molecular weight excluding hydrogens is 258 g/mol. The molecule has 0 unspecified atom stereocenters. The van der Waals surface area contributed by atoms with Crippen LogP contribution in [0, 0.1) is 6.92 Å². The van der Waals surface area contributed by atoms with Gasteiger partial charge in [-0.15, -0.1) is 11.3 Å². The largest absolute Gasteiger partial charge is 0.234 e. The topological polar surface area (TPSA) is 12.9 Å². The lowest BCUT2D eigenvalue weighted by molar-refractivity contribution is 1.12. The molecule has 14 heavy (non-hydrogen) atoms. The summed E-state index contributed by atoms with van der Waals surface area (Å²) in [4.78, 5) is 4.37. The molecule has 0 amide bonds. The summed E-state index contributed by atoms with van der Waals surface area (Å²) >= 11 is 5.05. The standard InChI is InChI=1S/C11H10BrNS/c1-8-3-2-4-9(5-8)6-11-13-10(12)7-14-11/h2-5,7H,6H2,1H3. The summed E-state index contributed by atoms with van der Waals surface area (Å²) < 4.78 is 0.935. The van der Waals surface area contributed by atoms with Crippen molar-refractivity contribution >= 4 is 27.3 Å². The van der Waals surface area contributed by atoms with Gasteiger partial charge in [0.2, 0.25) is 0 Å². The number of hydrogen-bond acceptors (Lipinski definition) is 2. The third-order valence-corrected chi connectivity index (χ3v) is 3.52. The molecule has 0 aliphatic carbocycles. The van der Waals surface area contributed by atoms with Crippen molar-refractivity contribution in [2.24, 2.45) is 0 Å². The second-order valence-corrected chi connectivity index (χ2v) is 4.98. The van der Waals surface area contributed by atoms with E-state index in [0.29, 0.717) is 0 Å². The molecule has 2 rings (SSSR count). The van der Waals surface area contributed by atoms with Crippen LogP contribution < -0.4 is 0 Å². The van der Waals surface area contributed by atoms with Gasteiger partial charge in [-0.05, 0) is 28.4 Å². The van der Waals surface area contributed by atoms with Gasteiger partial charge in [-0.3, -0.25) is 0 Å². The van der Waals surface area contributed by atoms with Crippen LogP contribution >= 0.6 is 27.3 Å². The Labute approximate surface area is 95.9 Å². The third-order valence-electron chi connectivity index (χ3n) is 1.96. The lowest BCUT2D eigenvalue weighted by Gasteiger charge is -1.98. The van der Waals surface area contributed by atoms with Gasteiger partial charge in [-0.1, -0.05) is 29.8 Å². The van der Waals surface area contributed by atoms with E-state index < -0.39 is 0 Å². The van der Waals surface area contributed by atoms with Gasteiger partial charge >= 0.3 is 0 Å². The number of thiazole rings is 1. The number of hydrogen-bond donors (Lipinski definition) is 0. The summed E-state index contributed by atoms with van der Waals surface area (Å²) in [6.45, 7) is 2.11. The number of benzene rings is 1. The van der Waals surface area contributed by atoms with E-state index in [2.05, 4.69) is 52.1 Å². The summed E-state index contributed by atoms with van der Waals surface area (Å²) in [5, 5.41) is 3.17. The van der Waals surface area contributed by atoms with Crippen molar-refractivity contribution in [3.05, 3.63) is 50.4 Å². The Morgan fingerprint density at radius 1 is 1.43 bits per heavy atom. The molecule has 0 radical (unpaired) electrons. The highest BCUT2D eigenvalue weighted by molar-refractivity contribution is 9.10. The van der Waals surface area contributed by atoms with Crippen LogP contribution in [0.1, 0.15) is 16.1 Å². The van der Waals surface area contributed by atoms with E-state index in [-0.39, 0.29) is 0 Å². The molecular formula is C11H10BrNS. The molecule has 2 aromatic rings. The van der Waals surface area contributed by atoms with Gasteiger partial charge < -0.3 is 0 Å². The fourth-order valence-corrected chi connectivity index (χ4v) is 2.67. The van der Waals surface area contributed by atoms with Crippen molar-refractivity contribution < 1.29 is 0 Å². The molecule has 0 spiro atoms. The van der Waals surface area contributed by atoms with E-state index in [4.69, 9.17) is 0 Å². The quantitative estimate of drug-likeness (QED) is 0.807. The number of halogens is 1. The molecule has 0 fully saturated rings. The average molecular weight is 268 g/mol. The van der Waals surface area contributed by atoms with Crippen molar-refractivity contribution in [2.45, 2.75) is 13.3 Å². The van der Waals surface area contributed by atoms with Gasteiger partial charge in [-0.25, -0.2) is 4.98 Å². The minimum Gasteiger partial charge on any atom is -0.234 e. The molecule has 0 saturated heterocycles. The molecule has 1 nitrogen and oxygen atoms in total. The predicted octanol–water partition coefficient (Wildman–Crippen LogP) is 3.80. The van der Waals surface area contributed by atoms with Crippen LogP contribution in [0.4, 0.5) is 0 Å². The molecule has 0 aliphatic heterocycles. The molecule has 1 heterocycles. The van der Waals surface area contributed by atoms with Crippen molar-refractivity contribution in [1.29, 1.82) is 0 Å². The smallest absolute Gasteiger partial charge is 0.117 e. The summed E-state index contributed by atoms with van der Waals surface area (Å²) in [7, 11) is 0. The van der Waals surface area contributed by atoms with E-state index in [0.717, 1.165) is 16.0 Å². The average Bonchev–Trinajstić information content (AvgIpc) is 2.51. The maximum atomic E-state index is 4.37. The van der Waals surface area contributed by atoms with E-state index in [1.54, 1.807) is 11.3 Å². The Morgan fingerprint density at radius 3 is 2.93 bits per heavy atom. The lowest BCUT2D eigenvalue weighted by atomic mass is 10.1. The van der Waals surface area contributed by atoms with Crippen molar-refractivity contribution in [3.8, 4) is 0 Å². The van der Waals surface area contributed by atoms with E-state index in [1.807, 2.05) is 5.38 Å². The molecule has 0 aliphatic rings. The van der Waals surface area contributed by atoms with Crippen molar-refractivity contribution in [3.63, 3.8) is 0 Å². The van der Waals surface area contributed by atoms with Crippen LogP contribution in [0.15, 0.2) is 34.2 Å². The minimum atomic E-state index is 0.929. The Bertz CT molecular complexity index is 436. The maximum Gasteiger partial charge on any atom is 0.117 e. The molecule has 0 bridgehead atoms. The lowest BCUT2D eigenvalue weighted by Crippen LogP contribution is -1.87. The molecule has 0 saturated carbocycles. The zero-order chi connectivity index (χ0) is 9.97. The number of aryl methyl sites for hydroxylation is 1. The van der Waals surface area contributed by atoms with Gasteiger partial charge in [0.05, 0.1) is 5.01 Å². The number of aromatic nitrogens is 1. The second-order valence-electron chi connectivity index (χ2n) is 3.23. The fraction of sp³-hybridized carbons (Fsp3) is 0.182. The monoisotopic (exact) mass is 267 g/mol. The van der Waals surface area contributed by atoms with E-state index in [1.165, 1.54) is 11.1 Å². The maximum absolute atomic E-state index is 4.37. The molecule has 0 atom stereocenters. The highest BCUT2D eigenvalue weighted by Gasteiger charge is 2.01. The van der Waals surface area contributed by atoms with Crippen molar-refractivity contribution in [2.75, 3.05) is 0 Å². The summed E-state index contributed by atoms with van der Waals surface area (Å²) in [6, 6.07) is 8.55. The first-order valence-electron chi connectivity index (χ1n) is 4.39. The molecule has 0 N–H and O–H groups in total. The Balaban J connectivity index is 2.18.